The second kappa shape index (κ2) is 12.7. The van der Waals surface area contributed by atoms with E-state index in [0.717, 1.165) is 11.1 Å². The van der Waals surface area contributed by atoms with Crippen molar-refractivity contribution in [3.8, 4) is 0 Å². The Labute approximate surface area is 199 Å². The average Bonchev–Trinajstić information content (AvgIpc) is 2.84. The number of benzene rings is 3. The van der Waals surface area contributed by atoms with Crippen LogP contribution in [0.25, 0.3) is 0 Å². The van der Waals surface area contributed by atoms with Crippen LogP contribution in [0.5, 0.6) is 0 Å². The fourth-order valence-electron chi connectivity index (χ4n) is 3.65. The van der Waals surface area contributed by atoms with Crippen molar-refractivity contribution in [2.45, 2.75) is 50.9 Å². The van der Waals surface area contributed by atoms with Crippen LogP contribution in [0.1, 0.15) is 42.4 Å². The van der Waals surface area contributed by atoms with E-state index in [1.807, 2.05) is 60.7 Å². The molecule has 1 unspecified atom stereocenters. The van der Waals surface area contributed by atoms with Crippen molar-refractivity contribution in [3.63, 3.8) is 0 Å². The van der Waals surface area contributed by atoms with E-state index in [2.05, 4.69) is 0 Å². The minimum atomic E-state index is -1.44. The number of aliphatic hydroxyl groups is 1. The summed E-state index contributed by atoms with van der Waals surface area (Å²) in [5.41, 5.74) is 0.987. The van der Waals surface area contributed by atoms with Gasteiger partial charge in [0.1, 0.15) is 19.0 Å². The lowest BCUT2D eigenvalue weighted by molar-refractivity contribution is -0.151. The molecule has 1 atom stereocenters. The summed E-state index contributed by atoms with van der Waals surface area (Å²) in [7, 11) is 0. The Morgan fingerprint density at radius 2 is 1.26 bits per heavy atom. The summed E-state index contributed by atoms with van der Waals surface area (Å²) in [6.07, 6.45) is 0.517. The first-order valence-electron chi connectivity index (χ1n) is 11.3. The largest absolute Gasteiger partial charge is 0.461 e. The zero-order chi connectivity index (χ0) is 24.2. The van der Waals surface area contributed by atoms with E-state index in [4.69, 9.17) is 9.47 Å². The van der Waals surface area contributed by atoms with Crippen molar-refractivity contribution >= 4 is 11.9 Å². The normalized spacial score (nSPS) is 12.5. The lowest BCUT2D eigenvalue weighted by atomic mass is 9.86. The minimum Gasteiger partial charge on any atom is -0.461 e. The van der Waals surface area contributed by atoms with Gasteiger partial charge in [-0.3, -0.25) is 9.59 Å². The highest BCUT2D eigenvalue weighted by Crippen LogP contribution is 2.25. The van der Waals surface area contributed by atoms with Crippen LogP contribution in [0.15, 0.2) is 84.9 Å². The van der Waals surface area contributed by atoms with Gasteiger partial charge in [0.05, 0.1) is 12.0 Å². The summed E-state index contributed by atoms with van der Waals surface area (Å²) >= 11 is 0. The van der Waals surface area contributed by atoms with Crippen molar-refractivity contribution < 1.29 is 28.6 Å². The molecule has 1 N–H and O–H groups in total. The molecule has 3 rings (SSSR count). The molecule has 0 aromatic heterocycles. The number of esters is 2. The highest BCUT2D eigenvalue weighted by atomic mass is 19.1. The van der Waals surface area contributed by atoms with Crippen LogP contribution in [0.3, 0.4) is 0 Å². The molecule has 0 amide bonds. The van der Waals surface area contributed by atoms with E-state index in [-0.39, 0.29) is 50.7 Å². The summed E-state index contributed by atoms with van der Waals surface area (Å²) in [4.78, 5) is 24.6. The molecule has 0 heterocycles. The zero-order valence-corrected chi connectivity index (χ0v) is 19.0. The molecular weight excluding hydrogens is 435 g/mol. The first-order chi connectivity index (χ1) is 16.4. The van der Waals surface area contributed by atoms with E-state index in [0.29, 0.717) is 12.0 Å². The maximum Gasteiger partial charge on any atom is 0.309 e. The van der Waals surface area contributed by atoms with Crippen molar-refractivity contribution in [3.05, 3.63) is 107 Å². The third-order valence-electron chi connectivity index (χ3n) is 5.43. The Morgan fingerprint density at radius 3 is 1.82 bits per heavy atom. The van der Waals surface area contributed by atoms with E-state index in [1.54, 1.807) is 12.1 Å². The summed E-state index contributed by atoms with van der Waals surface area (Å²) in [6.45, 7) is 0.295. The van der Waals surface area contributed by atoms with Crippen molar-refractivity contribution in [2.75, 3.05) is 0 Å². The van der Waals surface area contributed by atoms with Crippen LogP contribution in [0.2, 0.25) is 0 Å². The molecular formula is C28H29FO5. The summed E-state index contributed by atoms with van der Waals surface area (Å²) in [6, 6.07) is 24.4. The van der Waals surface area contributed by atoms with Crippen molar-refractivity contribution in [1.82, 2.24) is 0 Å². The van der Waals surface area contributed by atoms with Gasteiger partial charge in [-0.1, -0.05) is 72.8 Å². The van der Waals surface area contributed by atoms with E-state index in [1.165, 1.54) is 12.1 Å². The number of rotatable bonds is 12. The summed E-state index contributed by atoms with van der Waals surface area (Å²) in [5, 5.41) is 11.3. The lowest BCUT2D eigenvalue weighted by Crippen LogP contribution is -2.35. The molecule has 3 aromatic carbocycles. The van der Waals surface area contributed by atoms with E-state index in [9.17, 15) is 19.1 Å². The van der Waals surface area contributed by atoms with Gasteiger partial charge in [0.15, 0.2) is 0 Å². The Morgan fingerprint density at radius 1 is 0.735 bits per heavy atom. The number of carbonyl (C=O) groups is 2. The Hall–Kier alpha value is -3.51. The first-order valence-corrected chi connectivity index (χ1v) is 11.3. The third kappa shape index (κ3) is 8.79. The second-order valence-electron chi connectivity index (χ2n) is 8.35. The SMILES string of the molecule is O=C(CCCC(O)(CC(=O)OCc1ccccc1)Cc1ccc(F)cc1)OCc1ccccc1. The van der Waals surface area contributed by atoms with Crippen LogP contribution in [-0.2, 0) is 38.7 Å². The quantitative estimate of drug-likeness (QED) is 0.376. The smallest absolute Gasteiger partial charge is 0.309 e. The highest BCUT2D eigenvalue weighted by molar-refractivity contribution is 5.71. The predicted molar refractivity (Wildman–Crippen MR) is 126 cm³/mol. The maximum atomic E-state index is 13.3. The second-order valence-corrected chi connectivity index (χ2v) is 8.35. The zero-order valence-electron chi connectivity index (χ0n) is 19.0. The molecule has 34 heavy (non-hydrogen) atoms. The van der Waals surface area contributed by atoms with Gasteiger partial charge in [-0.25, -0.2) is 4.39 Å². The van der Waals surface area contributed by atoms with E-state index < -0.39 is 11.6 Å². The van der Waals surface area contributed by atoms with E-state index >= 15 is 0 Å². The molecule has 6 heteroatoms. The number of ether oxygens (including phenoxy) is 2. The van der Waals surface area contributed by atoms with Gasteiger partial charge in [0.25, 0.3) is 0 Å². The van der Waals surface area contributed by atoms with Gasteiger partial charge < -0.3 is 14.6 Å². The Kier molecular flexibility index (Phi) is 9.35. The molecule has 0 spiro atoms. The monoisotopic (exact) mass is 464 g/mol. The molecule has 0 aliphatic carbocycles. The van der Waals surface area contributed by atoms with Gasteiger partial charge in [-0.05, 0) is 41.7 Å². The van der Waals surface area contributed by atoms with Crippen LogP contribution in [0, 0.1) is 5.82 Å². The molecule has 0 bridgehead atoms. The molecule has 0 saturated heterocycles. The molecule has 0 aliphatic rings. The molecule has 0 fully saturated rings. The third-order valence-corrected chi connectivity index (χ3v) is 5.43. The molecule has 3 aromatic rings. The number of carbonyl (C=O) groups excluding carboxylic acids is 2. The molecule has 5 nitrogen and oxygen atoms in total. The summed E-state index contributed by atoms with van der Waals surface area (Å²) < 4.78 is 23.9. The Bertz CT molecular complexity index is 1040. The first kappa shape index (κ1) is 25.1. The fourth-order valence-corrected chi connectivity index (χ4v) is 3.65. The van der Waals surface area contributed by atoms with Crippen LogP contribution >= 0.6 is 0 Å². The standard InChI is InChI=1S/C28H29FO5/c29-25-15-13-22(14-16-25)18-28(32,19-27(31)34-21-24-10-5-2-6-11-24)17-7-12-26(30)33-20-23-8-3-1-4-9-23/h1-6,8-11,13-16,32H,7,12,17-21H2. The van der Waals surface area contributed by atoms with Crippen molar-refractivity contribution in [1.29, 1.82) is 0 Å². The maximum absolute atomic E-state index is 13.3. The Balaban J connectivity index is 1.54. The number of hydrogen-bond donors (Lipinski definition) is 1. The minimum absolute atomic E-state index is 0.109. The van der Waals surface area contributed by atoms with Gasteiger partial charge >= 0.3 is 11.9 Å². The topological polar surface area (TPSA) is 72.8 Å². The van der Waals surface area contributed by atoms with Crippen LogP contribution < -0.4 is 0 Å². The lowest BCUT2D eigenvalue weighted by Gasteiger charge is -2.27. The number of halogens is 1. The highest BCUT2D eigenvalue weighted by Gasteiger charge is 2.31. The van der Waals surface area contributed by atoms with Gasteiger partial charge in [-0.15, -0.1) is 0 Å². The fraction of sp³-hybridized carbons (Fsp3) is 0.286. The molecule has 0 aliphatic heterocycles. The van der Waals surface area contributed by atoms with Crippen LogP contribution in [-0.4, -0.2) is 22.6 Å². The molecule has 178 valence electrons. The number of hydrogen-bond acceptors (Lipinski definition) is 5. The van der Waals surface area contributed by atoms with Gasteiger partial charge in [0, 0.05) is 12.8 Å². The average molecular weight is 465 g/mol. The van der Waals surface area contributed by atoms with Crippen LogP contribution in [0.4, 0.5) is 4.39 Å². The summed E-state index contributed by atoms with van der Waals surface area (Å²) in [5.74, 6) is -1.30. The van der Waals surface area contributed by atoms with Crippen molar-refractivity contribution in [2.24, 2.45) is 0 Å². The predicted octanol–water partition coefficient (Wildman–Crippen LogP) is 5.15. The molecule has 0 radical (unpaired) electrons. The molecule has 0 saturated carbocycles. The van der Waals surface area contributed by atoms with Gasteiger partial charge in [-0.2, -0.15) is 0 Å². The van der Waals surface area contributed by atoms with Gasteiger partial charge in [0.2, 0.25) is 0 Å².